The van der Waals surface area contributed by atoms with E-state index in [-0.39, 0.29) is 12.5 Å². The topological polar surface area (TPSA) is 32.3 Å². The van der Waals surface area contributed by atoms with Gasteiger partial charge in [-0.15, -0.1) is 0 Å². The first kappa shape index (κ1) is 13.4. The Balaban J connectivity index is 2.01. The lowest BCUT2D eigenvalue weighted by atomic mass is 9.88. The van der Waals surface area contributed by atoms with Crippen LogP contribution in [-0.4, -0.2) is 23.2 Å². The second-order valence-corrected chi connectivity index (χ2v) is 5.00. The molecule has 0 bridgehead atoms. The second kappa shape index (κ2) is 5.33. The Morgan fingerprint density at radius 3 is 2.67 bits per heavy atom. The molecule has 1 aromatic carbocycles. The highest BCUT2D eigenvalue weighted by Gasteiger charge is 2.46. The molecule has 1 fully saturated rings. The third-order valence-electron chi connectivity index (χ3n) is 3.60. The van der Waals surface area contributed by atoms with Gasteiger partial charge in [0.1, 0.15) is 6.10 Å². The number of aliphatic hydroxyl groups is 1. The number of nitrogens with one attached hydrogen (secondary N) is 1. The summed E-state index contributed by atoms with van der Waals surface area (Å²) >= 11 is 0. The smallest absolute Gasteiger partial charge is 0.274 e. The van der Waals surface area contributed by atoms with Gasteiger partial charge in [-0.25, -0.2) is 8.78 Å². The molecule has 1 aliphatic rings. The average Bonchev–Trinajstić information content (AvgIpc) is 2.36. The van der Waals surface area contributed by atoms with Crippen molar-refractivity contribution < 1.29 is 13.9 Å². The van der Waals surface area contributed by atoms with Crippen molar-refractivity contribution in [3.8, 4) is 0 Å². The van der Waals surface area contributed by atoms with Crippen LogP contribution in [0, 0.1) is 0 Å². The molecule has 2 rings (SSSR count). The highest BCUT2D eigenvalue weighted by molar-refractivity contribution is 5.18. The molecule has 2 nitrogen and oxygen atoms in total. The first-order chi connectivity index (χ1) is 8.50. The molecule has 0 spiro atoms. The zero-order chi connectivity index (χ0) is 13.2. The Labute approximate surface area is 106 Å². The van der Waals surface area contributed by atoms with Crippen LogP contribution in [-0.2, 0) is 0 Å². The molecular weight excluding hydrogens is 236 g/mol. The molecular formula is C14H19F2NO. The van der Waals surface area contributed by atoms with Gasteiger partial charge in [-0.1, -0.05) is 30.3 Å². The molecule has 4 heteroatoms. The summed E-state index contributed by atoms with van der Waals surface area (Å²) in [6, 6.07) is 9.07. The fourth-order valence-corrected chi connectivity index (χ4v) is 2.49. The van der Waals surface area contributed by atoms with E-state index in [1.54, 1.807) is 0 Å². The summed E-state index contributed by atoms with van der Waals surface area (Å²) in [7, 11) is 0. The van der Waals surface area contributed by atoms with Crippen molar-refractivity contribution in [3.63, 3.8) is 0 Å². The molecule has 0 aliphatic heterocycles. The van der Waals surface area contributed by atoms with Crippen LogP contribution in [0.5, 0.6) is 0 Å². The van der Waals surface area contributed by atoms with Gasteiger partial charge in [-0.05, 0) is 25.3 Å². The minimum absolute atomic E-state index is 0.0419. The molecule has 1 saturated carbocycles. The second-order valence-electron chi connectivity index (χ2n) is 5.00. The maximum absolute atomic E-state index is 13.4. The molecule has 0 unspecified atom stereocenters. The summed E-state index contributed by atoms with van der Waals surface area (Å²) in [5.41, 5.74) is 1.04. The fourth-order valence-electron chi connectivity index (χ4n) is 2.49. The lowest BCUT2D eigenvalue weighted by Crippen LogP contribution is -2.53. The molecule has 1 aromatic rings. The van der Waals surface area contributed by atoms with Gasteiger partial charge in [0.15, 0.2) is 0 Å². The van der Waals surface area contributed by atoms with E-state index in [1.165, 1.54) is 0 Å². The van der Waals surface area contributed by atoms with Crippen LogP contribution in [0.4, 0.5) is 8.78 Å². The average molecular weight is 255 g/mol. The van der Waals surface area contributed by atoms with Gasteiger partial charge in [-0.2, -0.15) is 0 Å². The maximum Gasteiger partial charge on any atom is 0.274 e. The van der Waals surface area contributed by atoms with E-state index in [0.717, 1.165) is 5.56 Å². The minimum Gasteiger partial charge on any atom is -0.385 e. The van der Waals surface area contributed by atoms with Crippen LogP contribution in [0.15, 0.2) is 30.3 Å². The summed E-state index contributed by atoms with van der Waals surface area (Å²) < 4.78 is 26.8. The summed E-state index contributed by atoms with van der Waals surface area (Å²) in [5, 5.41) is 12.8. The summed E-state index contributed by atoms with van der Waals surface area (Å²) in [6.45, 7) is 1.93. The standard InChI is InChI=1S/C14H19F2NO/c1-10(11-6-3-2-4-7-11)17-12-8-5-9-14(15,16)13(12)18/h2-4,6-7,10,12-13,17-18H,5,8-9H2,1H3/t10-,12-,13+/m1/s1. The van der Waals surface area contributed by atoms with E-state index in [9.17, 15) is 13.9 Å². The quantitative estimate of drug-likeness (QED) is 0.870. The van der Waals surface area contributed by atoms with Gasteiger partial charge in [0, 0.05) is 18.5 Å². The van der Waals surface area contributed by atoms with Gasteiger partial charge >= 0.3 is 0 Å². The Bertz CT molecular complexity index is 383. The normalized spacial score (nSPS) is 28.9. The van der Waals surface area contributed by atoms with E-state index in [1.807, 2.05) is 37.3 Å². The number of hydrogen-bond donors (Lipinski definition) is 2. The predicted molar refractivity (Wildman–Crippen MR) is 66.6 cm³/mol. The number of rotatable bonds is 3. The van der Waals surface area contributed by atoms with Gasteiger partial charge in [-0.3, -0.25) is 0 Å². The monoisotopic (exact) mass is 255 g/mol. The van der Waals surface area contributed by atoms with Crippen molar-refractivity contribution >= 4 is 0 Å². The Kier molecular flexibility index (Phi) is 3.97. The van der Waals surface area contributed by atoms with Crippen molar-refractivity contribution in [2.45, 2.75) is 50.3 Å². The molecule has 0 heterocycles. The summed E-state index contributed by atoms with van der Waals surface area (Å²) in [4.78, 5) is 0. The van der Waals surface area contributed by atoms with Crippen LogP contribution >= 0.6 is 0 Å². The largest absolute Gasteiger partial charge is 0.385 e. The van der Waals surface area contributed by atoms with Crippen molar-refractivity contribution in [2.75, 3.05) is 0 Å². The fraction of sp³-hybridized carbons (Fsp3) is 0.571. The number of benzene rings is 1. The third kappa shape index (κ3) is 2.87. The highest BCUT2D eigenvalue weighted by atomic mass is 19.3. The van der Waals surface area contributed by atoms with E-state index in [0.29, 0.717) is 12.8 Å². The predicted octanol–water partition coefficient (Wildman–Crippen LogP) is 2.89. The van der Waals surface area contributed by atoms with Gasteiger partial charge in [0.05, 0.1) is 0 Å². The number of alkyl halides is 2. The van der Waals surface area contributed by atoms with Gasteiger partial charge in [0.25, 0.3) is 5.92 Å². The van der Waals surface area contributed by atoms with Crippen LogP contribution in [0.3, 0.4) is 0 Å². The van der Waals surface area contributed by atoms with Crippen molar-refractivity contribution in [1.82, 2.24) is 5.32 Å². The van der Waals surface area contributed by atoms with Crippen molar-refractivity contribution in [2.24, 2.45) is 0 Å². The molecule has 18 heavy (non-hydrogen) atoms. The number of halogens is 2. The molecule has 0 saturated heterocycles. The van der Waals surface area contributed by atoms with Crippen molar-refractivity contribution in [1.29, 1.82) is 0 Å². The van der Waals surface area contributed by atoms with Crippen molar-refractivity contribution in [3.05, 3.63) is 35.9 Å². The Morgan fingerprint density at radius 2 is 2.00 bits per heavy atom. The lowest BCUT2D eigenvalue weighted by Gasteiger charge is -2.36. The zero-order valence-corrected chi connectivity index (χ0v) is 10.4. The minimum atomic E-state index is -2.97. The summed E-state index contributed by atoms with van der Waals surface area (Å²) in [5.74, 6) is -2.97. The molecule has 3 atom stereocenters. The first-order valence-corrected chi connectivity index (χ1v) is 6.37. The van der Waals surface area contributed by atoms with Gasteiger partial charge in [0.2, 0.25) is 0 Å². The van der Waals surface area contributed by atoms with Gasteiger partial charge < -0.3 is 10.4 Å². The van der Waals surface area contributed by atoms with E-state index in [2.05, 4.69) is 5.32 Å². The van der Waals surface area contributed by atoms with Crippen LogP contribution in [0.25, 0.3) is 0 Å². The molecule has 100 valence electrons. The van der Waals surface area contributed by atoms with Crippen LogP contribution < -0.4 is 5.32 Å². The zero-order valence-electron chi connectivity index (χ0n) is 10.4. The highest BCUT2D eigenvalue weighted by Crippen LogP contribution is 2.34. The summed E-state index contributed by atoms with van der Waals surface area (Å²) in [6.07, 6.45) is -0.763. The SMILES string of the molecule is C[C@@H](N[C@@H]1CCCC(F)(F)[C@H]1O)c1ccccc1. The molecule has 0 amide bonds. The van der Waals surface area contributed by atoms with E-state index < -0.39 is 18.1 Å². The molecule has 1 aliphatic carbocycles. The Morgan fingerprint density at radius 1 is 1.33 bits per heavy atom. The number of hydrogen-bond acceptors (Lipinski definition) is 2. The Hall–Kier alpha value is -1.00. The van der Waals surface area contributed by atoms with E-state index in [4.69, 9.17) is 0 Å². The third-order valence-corrected chi connectivity index (χ3v) is 3.60. The molecule has 2 N–H and O–H groups in total. The van der Waals surface area contributed by atoms with Crippen LogP contribution in [0.2, 0.25) is 0 Å². The lowest BCUT2D eigenvalue weighted by molar-refractivity contribution is -0.144. The van der Waals surface area contributed by atoms with Crippen LogP contribution in [0.1, 0.15) is 37.8 Å². The number of aliphatic hydroxyl groups excluding tert-OH is 1. The molecule has 0 radical (unpaired) electrons. The maximum atomic E-state index is 13.4. The van der Waals surface area contributed by atoms with E-state index >= 15 is 0 Å². The first-order valence-electron chi connectivity index (χ1n) is 6.37. The molecule has 0 aromatic heterocycles.